The highest BCUT2D eigenvalue weighted by Crippen LogP contribution is 2.26. The lowest BCUT2D eigenvalue weighted by Gasteiger charge is -2.12. The number of aromatic nitrogens is 3. The van der Waals surface area contributed by atoms with Gasteiger partial charge in [0.2, 0.25) is 10.0 Å². The number of H-pyrrole nitrogens is 1. The van der Waals surface area contributed by atoms with Crippen LogP contribution in [0.5, 0.6) is 0 Å². The fourth-order valence-corrected chi connectivity index (χ4v) is 4.08. The van der Waals surface area contributed by atoms with Crippen LogP contribution in [0.15, 0.2) is 24.4 Å². The summed E-state index contributed by atoms with van der Waals surface area (Å²) in [7, 11) is -3.82. The van der Waals surface area contributed by atoms with Gasteiger partial charge in [-0.25, -0.2) is 22.2 Å². The summed E-state index contributed by atoms with van der Waals surface area (Å²) in [5.74, 6) is -3.61. The molecule has 8 nitrogen and oxygen atoms in total. The van der Waals surface area contributed by atoms with E-state index < -0.39 is 38.8 Å². The number of benzene rings is 1. The Balaban J connectivity index is 1.92. The molecule has 0 fully saturated rings. The Morgan fingerprint density at radius 2 is 2.00 bits per heavy atom. The predicted octanol–water partition coefficient (Wildman–Crippen LogP) is 3.76. The molecule has 3 rings (SSSR count). The Bertz CT molecular complexity index is 1210. The fraction of sp³-hybridized carbons (Fsp3) is 0.316. The van der Waals surface area contributed by atoms with Gasteiger partial charge in [0.25, 0.3) is 5.91 Å². The third-order valence-corrected chi connectivity index (χ3v) is 5.81. The molecule has 0 saturated heterocycles. The number of pyridine rings is 1. The SMILES string of the molecule is CCCS(=O)(=O)Nc1ccc(F)c(C(=O)Nc2cnc3n[nH]c(C(C)C)c3c2)c1F. The second-order valence-corrected chi connectivity index (χ2v) is 8.89. The van der Waals surface area contributed by atoms with Crippen LogP contribution in [0.1, 0.15) is 49.2 Å². The van der Waals surface area contributed by atoms with Gasteiger partial charge in [-0.1, -0.05) is 20.8 Å². The van der Waals surface area contributed by atoms with Crippen molar-refractivity contribution in [3.8, 4) is 0 Å². The van der Waals surface area contributed by atoms with E-state index in [0.29, 0.717) is 17.5 Å². The first-order chi connectivity index (χ1) is 14.1. The zero-order valence-corrected chi connectivity index (χ0v) is 17.4. The van der Waals surface area contributed by atoms with Crippen LogP contribution < -0.4 is 10.0 Å². The molecule has 0 aliphatic rings. The molecule has 160 valence electrons. The van der Waals surface area contributed by atoms with Crippen LogP contribution >= 0.6 is 0 Å². The van der Waals surface area contributed by atoms with Crippen LogP contribution in [0.25, 0.3) is 11.0 Å². The molecule has 0 bridgehead atoms. The third-order valence-electron chi connectivity index (χ3n) is 4.33. The van der Waals surface area contributed by atoms with E-state index in [1.165, 1.54) is 6.20 Å². The van der Waals surface area contributed by atoms with Crippen molar-refractivity contribution in [3.63, 3.8) is 0 Å². The van der Waals surface area contributed by atoms with Gasteiger partial charge in [-0.2, -0.15) is 5.10 Å². The lowest BCUT2D eigenvalue weighted by molar-refractivity contribution is 0.101. The van der Waals surface area contributed by atoms with E-state index in [0.717, 1.165) is 17.8 Å². The standard InChI is InChI=1S/C19H21F2N5O3S/c1-4-7-30(28,29)26-14-6-5-13(20)15(16(14)21)19(27)23-11-8-12-17(10(2)3)24-25-18(12)22-9-11/h5-6,8-10,26H,4,7H2,1-3H3,(H,23,27)(H,22,24,25). The number of rotatable bonds is 7. The van der Waals surface area contributed by atoms with Gasteiger partial charge in [-0.15, -0.1) is 0 Å². The molecule has 0 aliphatic heterocycles. The fourth-order valence-electron chi connectivity index (χ4n) is 2.95. The van der Waals surface area contributed by atoms with E-state index >= 15 is 0 Å². The number of nitrogens with one attached hydrogen (secondary N) is 3. The molecule has 11 heteroatoms. The minimum atomic E-state index is -3.82. The molecule has 0 saturated carbocycles. The maximum atomic E-state index is 14.8. The number of sulfonamides is 1. The molecule has 2 heterocycles. The number of anilines is 2. The van der Waals surface area contributed by atoms with Crippen molar-refractivity contribution in [3.05, 3.63) is 47.3 Å². The molecule has 1 aromatic carbocycles. The first-order valence-electron chi connectivity index (χ1n) is 9.26. The summed E-state index contributed by atoms with van der Waals surface area (Å²) in [5, 5.41) is 10.0. The van der Waals surface area contributed by atoms with Crippen LogP contribution in [0.3, 0.4) is 0 Å². The maximum absolute atomic E-state index is 14.8. The average molecular weight is 437 g/mol. The lowest BCUT2D eigenvalue weighted by atomic mass is 10.1. The Kier molecular flexibility index (Phi) is 6.01. The van der Waals surface area contributed by atoms with Crippen molar-refractivity contribution in [2.45, 2.75) is 33.1 Å². The molecule has 0 spiro atoms. The zero-order valence-electron chi connectivity index (χ0n) is 16.6. The van der Waals surface area contributed by atoms with Gasteiger partial charge in [0.15, 0.2) is 11.5 Å². The highest BCUT2D eigenvalue weighted by molar-refractivity contribution is 7.92. The Labute approximate surface area is 172 Å². The van der Waals surface area contributed by atoms with E-state index in [-0.39, 0.29) is 17.4 Å². The number of hydrogen-bond acceptors (Lipinski definition) is 5. The van der Waals surface area contributed by atoms with Crippen LogP contribution in [0.4, 0.5) is 20.2 Å². The monoisotopic (exact) mass is 437 g/mol. The van der Waals surface area contributed by atoms with Crippen LogP contribution in [0, 0.1) is 11.6 Å². The zero-order chi connectivity index (χ0) is 22.1. The number of carbonyl (C=O) groups excluding carboxylic acids is 1. The van der Waals surface area contributed by atoms with Crippen molar-refractivity contribution in [1.29, 1.82) is 0 Å². The molecule has 0 atom stereocenters. The molecular formula is C19H21F2N5O3S. The van der Waals surface area contributed by atoms with Crippen LogP contribution in [0.2, 0.25) is 0 Å². The topological polar surface area (TPSA) is 117 Å². The number of amides is 1. The van der Waals surface area contributed by atoms with Crippen LogP contribution in [-0.4, -0.2) is 35.3 Å². The highest BCUT2D eigenvalue weighted by atomic mass is 32.2. The van der Waals surface area contributed by atoms with Crippen LogP contribution in [-0.2, 0) is 10.0 Å². The molecule has 2 aromatic heterocycles. The van der Waals surface area contributed by atoms with Crippen molar-refractivity contribution in [2.75, 3.05) is 15.8 Å². The number of fused-ring (bicyclic) bond motifs is 1. The van der Waals surface area contributed by atoms with Gasteiger partial charge in [0.05, 0.1) is 23.3 Å². The Hall–Kier alpha value is -3.08. The second-order valence-electron chi connectivity index (χ2n) is 7.05. The van der Waals surface area contributed by atoms with E-state index in [1.807, 2.05) is 18.6 Å². The van der Waals surface area contributed by atoms with E-state index in [4.69, 9.17) is 0 Å². The summed E-state index contributed by atoms with van der Waals surface area (Å²) < 4.78 is 54.9. The third kappa shape index (κ3) is 4.40. The van der Waals surface area contributed by atoms with Gasteiger partial charge in [-0.05, 0) is 30.5 Å². The van der Waals surface area contributed by atoms with E-state index in [9.17, 15) is 22.0 Å². The first kappa shape index (κ1) is 21.6. The van der Waals surface area contributed by atoms with E-state index in [2.05, 4.69) is 20.5 Å². The average Bonchev–Trinajstić information content (AvgIpc) is 3.07. The van der Waals surface area contributed by atoms with Crippen molar-refractivity contribution >= 4 is 38.3 Å². The Morgan fingerprint density at radius 1 is 1.27 bits per heavy atom. The summed E-state index contributed by atoms with van der Waals surface area (Å²) in [6.07, 6.45) is 1.63. The molecule has 0 aliphatic carbocycles. The summed E-state index contributed by atoms with van der Waals surface area (Å²) in [6, 6.07) is 3.36. The second kappa shape index (κ2) is 8.34. The normalized spacial score (nSPS) is 11.8. The molecule has 0 radical (unpaired) electrons. The van der Waals surface area contributed by atoms with Crippen molar-refractivity contribution in [1.82, 2.24) is 15.2 Å². The largest absolute Gasteiger partial charge is 0.320 e. The van der Waals surface area contributed by atoms with Crippen molar-refractivity contribution < 1.29 is 22.0 Å². The van der Waals surface area contributed by atoms with Gasteiger partial charge in [0.1, 0.15) is 11.4 Å². The first-order valence-corrected chi connectivity index (χ1v) is 10.9. The molecule has 0 unspecified atom stereocenters. The lowest BCUT2D eigenvalue weighted by Crippen LogP contribution is -2.20. The minimum Gasteiger partial charge on any atom is -0.320 e. The van der Waals surface area contributed by atoms with Crippen molar-refractivity contribution in [2.24, 2.45) is 0 Å². The number of carbonyl (C=O) groups is 1. The van der Waals surface area contributed by atoms with Gasteiger partial charge in [-0.3, -0.25) is 14.6 Å². The van der Waals surface area contributed by atoms with E-state index in [1.54, 1.807) is 13.0 Å². The molecular weight excluding hydrogens is 416 g/mol. The Morgan fingerprint density at radius 3 is 2.67 bits per heavy atom. The summed E-state index contributed by atoms with van der Waals surface area (Å²) in [6.45, 7) is 5.55. The molecule has 1 amide bonds. The molecule has 3 N–H and O–H groups in total. The number of aromatic amines is 1. The predicted molar refractivity (Wildman–Crippen MR) is 110 cm³/mol. The smallest absolute Gasteiger partial charge is 0.261 e. The van der Waals surface area contributed by atoms with Gasteiger partial charge < -0.3 is 5.32 Å². The molecule has 3 aromatic rings. The minimum absolute atomic E-state index is 0.116. The number of halogens is 2. The summed E-state index contributed by atoms with van der Waals surface area (Å²) >= 11 is 0. The summed E-state index contributed by atoms with van der Waals surface area (Å²) in [4.78, 5) is 16.7. The quantitative estimate of drug-likeness (QED) is 0.520. The molecule has 30 heavy (non-hydrogen) atoms. The summed E-state index contributed by atoms with van der Waals surface area (Å²) in [5.41, 5.74) is 0.0646. The number of nitrogens with zero attached hydrogens (tertiary/aromatic N) is 2. The van der Waals surface area contributed by atoms with Gasteiger partial charge in [0, 0.05) is 11.1 Å². The number of hydrogen-bond donors (Lipinski definition) is 3. The maximum Gasteiger partial charge on any atom is 0.261 e. The highest BCUT2D eigenvalue weighted by Gasteiger charge is 2.23. The van der Waals surface area contributed by atoms with Gasteiger partial charge >= 0.3 is 0 Å².